The third-order valence-electron chi connectivity index (χ3n) is 2.13. The molecule has 1 aromatic rings. The van der Waals surface area contributed by atoms with Crippen LogP contribution in [0.1, 0.15) is 38.2 Å². The van der Waals surface area contributed by atoms with Gasteiger partial charge in [-0.15, -0.1) is 0 Å². The minimum absolute atomic E-state index is 0.207. The maximum Gasteiger partial charge on any atom is 0.268 e. The van der Waals surface area contributed by atoms with Crippen molar-refractivity contribution in [3.05, 3.63) is 22.4 Å². The molecular weight excluding hydrogens is 298 g/mol. The highest BCUT2D eigenvalue weighted by molar-refractivity contribution is 9.10. The lowest BCUT2D eigenvalue weighted by Gasteiger charge is -2.23. The molecule has 2 amide bonds. The maximum atomic E-state index is 11.8. The smallest absolute Gasteiger partial charge is 0.268 e. The number of amides is 2. The molecule has 0 saturated heterocycles. The van der Waals surface area contributed by atoms with Crippen molar-refractivity contribution in [1.82, 2.24) is 15.6 Å². The predicted octanol–water partition coefficient (Wildman–Crippen LogP) is 1.81. The Bertz CT molecular complexity index is 448. The van der Waals surface area contributed by atoms with E-state index in [1.54, 1.807) is 19.2 Å². The van der Waals surface area contributed by atoms with Crippen molar-refractivity contribution in [3.63, 3.8) is 0 Å². The summed E-state index contributed by atoms with van der Waals surface area (Å²) >= 11 is 3.24. The van der Waals surface area contributed by atoms with Crippen LogP contribution in [-0.4, -0.2) is 28.4 Å². The van der Waals surface area contributed by atoms with Gasteiger partial charge in [-0.25, -0.2) is 0 Å². The number of halogens is 1. The van der Waals surface area contributed by atoms with Gasteiger partial charge < -0.3 is 15.6 Å². The number of aromatic amines is 1. The van der Waals surface area contributed by atoms with E-state index in [-0.39, 0.29) is 17.4 Å². The molecule has 1 heterocycles. The van der Waals surface area contributed by atoms with Crippen molar-refractivity contribution >= 4 is 27.7 Å². The molecule has 1 atom stereocenters. The Morgan fingerprint density at radius 3 is 2.44 bits per heavy atom. The van der Waals surface area contributed by atoms with Crippen molar-refractivity contribution in [1.29, 1.82) is 0 Å². The van der Waals surface area contributed by atoms with Crippen LogP contribution in [-0.2, 0) is 4.79 Å². The lowest BCUT2D eigenvalue weighted by Crippen LogP contribution is -2.50. The number of aromatic nitrogens is 1. The van der Waals surface area contributed by atoms with Gasteiger partial charge in [0.25, 0.3) is 5.91 Å². The highest BCUT2D eigenvalue weighted by atomic mass is 79.9. The summed E-state index contributed by atoms with van der Waals surface area (Å²) in [6, 6.07) is 1.07. The molecule has 0 bridgehead atoms. The first-order valence-electron chi connectivity index (χ1n) is 5.66. The second-order valence-corrected chi connectivity index (χ2v) is 6.08. The largest absolute Gasteiger partial charge is 0.356 e. The summed E-state index contributed by atoms with van der Waals surface area (Å²) in [5.74, 6) is -0.515. The zero-order valence-corrected chi connectivity index (χ0v) is 12.5. The summed E-state index contributed by atoms with van der Waals surface area (Å²) < 4.78 is 0.791. The van der Waals surface area contributed by atoms with Crippen LogP contribution < -0.4 is 10.6 Å². The molecule has 3 N–H and O–H groups in total. The Balaban J connectivity index is 2.57. The van der Waals surface area contributed by atoms with Crippen LogP contribution in [0.3, 0.4) is 0 Å². The average Bonchev–Trinajstić information content (AvgIpc) is 2.62. The molecule has 1 aromatic heterocycles. The number of hydrogen-bond acceptors (Lipinski definition) is 2. The van der Waals surface area contributed by atoms with Crippen LogP contribution >= 0.6 is 15.9 Å². The van der Waals surface area contributed by atoms with Crippen molar-refractivity contribution in [3.8, 4) is 0 Å². The van der Waals surface area contributed by atoms with E-state index in [1.807, 2.05) is 20.8 Å². The van der Waals surface area contributed by atoms with Crippen LogP contribution in [0, 0.1) is 0 Å². The first-order chi connectivity index (χ1) is 8.19. The molecule has 5 nitrogen and oxygen atoms in total. The molecule has 0 aromatic carbocycles. The van der Waals surface area contributed by atoms with E-state index in [0.29, 0.717) is 5.69 Å². The van der Waals surface area contributed by atoms with Crippen molar-refractivity contribution in [2.45, 2.75) is 39.3 Å². The predicted molar refractivity (Wildman–Crippen MR) is 73.3 cm³/mol. The Morgan fingerprint density at radius 1 is 1.39 bits per heavy atom. The van der Waals surface area contributed by atoms with E-state index in [2.05, 4.69) is 31.5 Å². The van der Waals surface area contributed by atoms with Gasteiger partial charge >= 0.3 is 0 Å². The molecule has 0 aliphatic heterocycles. The third kappa shape index (κ3) is 4.52. The second kappa shape index (κ2) is 5.56. The molecule has 0 aliphatic carbocycles. The van der Waals surface area contributed by atoms with Gasteiger partial charge in [0.05, 0.1) is 0 Å². The van der Waals surface area contributed by atoms with E-state index in [9.17, 15) is 9.59 Å². The van der Waals surface area contributed by atoms with Crippen LogP contribution in [0.15, 0.2) is 16.7 Å². The van der Waals surface area contributed by atoms with Crippen molar-refractivity contribution < 1.29 is 9.59 Å². The Labute approximate surface area is 115 Å². The first-order valence-corrected chi connectivity index (χ1v) is 6.45. The molecule has 6 heteroatoms. The maximum absolute atomic E-state index is 11.8. The lowest BCUT2D eigenvalue weighted by atomic mass is 10.1. The summed E-state index contributed by atoms with van der Waals surface area (Å²) in [4.78, 5) is 26.4. The summed E-state index contributed by atoms with van der Waals surface area (Å²) in [6.07, 6.45) is 1.66. The minimum Gasteiger partial charge on any atom is -0.356 e. The first kappa shape index (κ1) is 14.8. The van der Waals surface area contributed by atoms with Gasteiger partial charge in [-0.2, -0.15) is 0 Å². The molecule has 0 aliphatic rings. The molecule has 18 heavy (non-hydrogen) atoms. The zero-order chi connectivity index (χ0) is 13.9. The number of carbonyl (C=O) groups is 2. The number of hydrogen-bond donors (Lipinski definition) is 3. The highest BCUT2D eigenvalue weighted by Gasteiger charge is 2.21. The van der Waals surface area contributed by atoms with Crippen LogP contribution in [0.4, 0.5) is 0 Å². The molecule has 0 saturated carbocycles. The fourth-order valence-corrected chi connectivity index (χ4v) is 1.66. The fourth-order valence-electron chi connectivity index (χ4n) is 1.32. The molecular formula is C12H18BrN3O2. The quantitative estimate of drug-likeness (QED) is 0.796. The Hall–Kier alpha value is -1.30. The van der Waals surface area contributed by atoms with E-state index < -0.39 is 6.04 Å². The van der Waals surface area contributed by atoms with E-state index >= 15 is 0 Å². The van der Waals surface area contributed by atoms with E-state index in [1.165, 1.54) is 0 Å². The van der Waals surface area contributed by atoms with Crippen molar-refractivity contribution in [2.75, 3.05) is 0 Å². The van der Waals surface area contributed by atoms with Gasteiger partial charge in [0.1, 0.15) is 11.7 Å². The number of H-pyrrole nitrogens is 1. The number of rotatable bonds is 3. The number of nitrogens with one attached hydrogen (secondary N) is 3. The molecule has 0 fully saturated rings. The van der Waals surface area contributed by atoms with Gasteiger partial charge in [-0.05, 0) is 49.7 Å². The zero-order valence-electron chi connectivity index (χ0n) is 10.9. The van der Waals surface area contributed by atoms with Crippen LogP contribution in [0.2, 0.25) is 0 Å². The Morgan fingerprint density at radius 2 is 2.00 bits per heavy atom. The van der Waals surface area contributed by atoms with Gasteiger partial charge in [0, 0.05) is 16.2 Å². The average molecular weight is 316 g/mol. The van der Waals surface area contributed by atoms with Gasteiger partial charge in [-0.3, -0.25) is 9.59 Å². The topological polar surface area (TPSA) is 74.0 Å². The molecule has 0 radical (unpaired) electrons. The standard InChI is InChI=1S/C12H18BrN3O2/c1-7(10(17)16-12(2,3)4)15-11(18)9-5-8(13)6-14-9/h5-7,14H,1-4H3,(H,15,18)(H,16,17). The SMILES string of the molecule is CC(NC(=O)c1cc(Br)c[nH]1)C(=O)NC(C)(C)C. The van der Waals surface area contributed by atoms with Crippen molar-refractivity contribution in [2.24, 2.45) is 0 Å². The monoisotopic (exact) mass is 315 g/mol. The highest BCUT2D eigenvalue weighted by Crippen LogP contribution is 2.10. The van der Waals surface area contributed by atoms with E-state index in [4.69, 9.17) is 0 Å². The number of carbonyl (C=O) groups excluding carboxylic acids is 2. The second-order valence-electron chi connectivity index (χ2n) is 5.17. The fraction of sp³-hybridized carbons (Fsp3) is 0.500. The third-order valence-corrected chi connectivity index (χ3v) is 2.59. The lowest BCUT2D eigenvalue weighted by molar-refractivity contribution is -0.124. The summed E-state index contributed by atoms with van der Waals surface area (Å²) in [7, 11) is 0. The minimum atomic E-state index is -0.584. The van der Waals surface area contributed by atoms with Gasteiger partial charge in [0.2, 0.25) is 5.91 Å². The summed E-state index contributed by atoms with van der Waals surface area (Å²) in [5, 5.41) is 5.44. The summed E-state index contributed by atoms with van der Waals surface area (Å²) in [5.41, 5.74) is 0.100. The molecule has 0 spiro atoms. The molecule has 1 unspecified atom stereocenters. The Kier molecular flexibility index (Phi) is 4.56. The van der Waals surface area contributed by atoms with Gasteiger partial charge in [0.15, 0.2) is 0 Å². The van der Waals surface area contributed by atoms with E-state index in [0.717, 1.165) is 4.47 Å². The van der Waals surface area contributed by atoms with Crippen LogP contribution in [0.25, 0.3) is 0 Å². The normalized spacial score (nSPS) is 12.9. The molecule has 1 rings (SSSR count). The molecule has 100 valence electrons. The van der Waals surface area contributed by atoms with Gasteiger partial charge in [-0.1, -0.05) is 0 Å². The van der Waals surface area contributed by atoms with Crippen LogP contribution in [0.5, 0.6) is 0 Å². The summed E-state index contributed by atoms with van der Waals surface area (Å²) in [6.45, 7) is 7.32.